The molecule has 0 aliphatic rings. The zero-order valence-corrected chi connectivity index (χ0v) is 12.0. The molecule has 2 aromatic rings. The molecule has 0 radical (unpaired) electrons. The molecule has 5 heteroatoms. The van der Waals surface area contributed by atoms with Crippen LogP contribution in [-0.4, -0.2) is 21.3 Å². The number of rotatable bonds is 6. The van der Waals surface area contributed by atoms with Crippen LogP contribution in [-0.2, 0) is 13.5 Å². The van der Waals surface area contributed by atoms with Gasteiger partial charge < -0.3 is 5.32 Å². The van der Waals surface area contributed by atoms with E-state index in [1.54, 1.807) is 11.3 Å². The third-order valence-electron chi connectivity index (χ3n) is 2.78. The number of hydrogen-bond donors (Lipinski definition) is 1. The lowest BCUT2D eigenvalue weighted by Gasteiger charge is -2.14. The average molecular weight is 264 g/mol. The van der Waals surface area contributed by atoms with Crippen molar-refractivity contribution < 1.29 is 0 Å². The highest BCUT2D eigenvalue weighted by atomic mass is 32.1. The smallest absolute Gasteiger partial charge is 0.0947 e. The number of nitrogens with one attached hydrogen (secondary N) is 1. The van der Waals surface area contributed by atoms with Crippen LogP contribution in [0.5, 0.6) is 0 Å². The van der Waals surface area contributed by atoms with Crippen LogP contribution in [0.3, 0.4) is 0 Å². The van der Waals surface area contributed by atoms with Gasteiger partial charge in [0.25, 0.3) is 0 Å². The van der Waals surface area contributed by atoms with E-state index in [-0.39, 0.29) is 6.04 Å². The molecule has 0 aliphatic heterocycles. The van der Waals surface area contributed by atoms with Gasteiger partial charge in [-0.15, -0.1) is 11.3 Å². The van der Waals surface area contributed by atoms with Gasteiger partial charge in [0.15, 0.2) is 0 Å². The zero-order chi connectivity index (χ0) is 13.0. The summed E-state index contributed by atoms with van der Waals surface area (Å²) in [6.45, 7) is 5.22. The first-order chi connectivity index (χ1) is 8.69. The van der Waals surface area contributed by atoms with E-state index < -0.39 is 0 Å². The Kier molecular flexibility index (Phi) is 4.49. The lowest BCUT2D eigenvalue weighted by Crippen LogP contribution is -2.24. The average Bonchev–Trinajstić information content (AvgIpc) is 2.93. The van der Waals surface area contributed by atoms with Gasteiger partial charge in [0.2, 0.25) is 0 Å². The largest absolute Gasteiger partial charge is 0.308 e. The quantitative estimate of drug-likeness (QED) is 0.871. The second-order valence-corrected chi connectivity index (χ2v) is 5.45. The molecule has 1 atom stereocenters. The minimum absolute atomic E-state index is 0.261. The number of hydrogen-bond acceptors (Lipinski definition) is 4. The number of nitrogens with zero attached hydrogens (tertiary/aromatic N) is 3. The lowest BCUT2D eigenvalue weighted by atomic mass is 10.1. The van der Waals surface area contributed by atoms with E-state index in [2.05, 4.69) is 33.8 Å². The summed E-state index contributed by atoms with van der Waals surface area (Å²) in [7, 11) is 1.95. The summed E-state index contributed by atoms with van der Waals surface area (Å²) in [5, 5.41) is 11.3. The van der Waals surface area contributed by atoms with Gasteiger partial charge in [-0.3, -0.25) is 4.68 Å². The molecular formula is C13H20N4S. The Morgan fingerprint density at radius 2 is 2.33 bits per heavy atom. The Labute approximate surface area is 112 Å². The third kappa shape index (κ3) is 3.40. The molecule has 0 saturated carbocycles. The van der Waals surface area contributed by atoms with Crippen LogP contribution in [0, 0.1) is 6.92 Å². The molecule has 0 amide bonds. The molecule has 98 valence electrons. The van der Waals surface area contributed by atoms with Crippen LogP contribution < -0.4 is 5.32 Å². The maximum atomic E-state index is 4.53. The highest BCUT2D eigenvalue weighted by Gasteiger charge is 2.15. The van der Waals surface area contributed by atoms with Crippen molar-refractivity contribution in [3.8, 4) is 0 Å². The molecular weight excluding hydrogens is 244 g/mol. The number of aromatic nitrogens is 3. The predicted octanol–water partition coefficient (Wildman–Crippen LogP) is 2.47. The summed E-state index contributed by atoms with van der Waals surface area (Å²) < 4.78 is 1.85. The first kappa shape index (κ1) is 13.2. The van der Waals surface area contributed by atoms with Crippen molar-refractivity contribution in [2.75, 3.05) is 6.54 Å². The highest BCUT2D eigenvalue weighted by molar-refractivity contribution is 7.09. The summed E-state index contributed by atoms with van der Waals surface area (Å²) in [5.74, 6) is 0. The van der Waals surface area contributed by atoms with Crippen molar-refractivity contribution >= 4 is 11.3 Å². The van der Waals surface area contributed by atoms with Gasteiger partial charge in [0.05, 0.1) is 16.7 Å². The van der Waals surface area contributed by atoms with E-state index >= 15 is 0 Å². The molecule has 0 bridgehead atoms. The van der Waals surface area contributed by atoms with Crippen molar-refractivity contribution in [3.05, 3.63) is 34.0 Å². The molecule has 0 saturated heterocycles. The van der Waals surface area contributed by atoms with Crippen molar-refractivity contribution in [2.24, 2.45) is 7.05 Å². The van der Waals surface area contributed by atoms with Gasteiger partial charge in [-0.2, -0.15) is 5.10 Å². The Balaban J connectivity index is 2.09. The van der Waals surface area contributed by atoms with Crippen molar-refractivity contribution in [2.45, 2.75) is 32.7 Å². The van der Waals surface area contributed by atoms with Crippen LogP contribution in [0.4, 0.5) is 0 Å². The topological polar surface area (TPSA) is 42.7 Å². The molecule has 1 N–H and O–H groups in total. The Hall–Kier alpha value is -1.20. The monoisotopic (exact) mass is 264 g/mol. The van der Waals surface area contributed by atoms with Crippen LogP contribution in [0.15, 0.2) is 17.6 Å². The van der Waals surface area contributed by atoms with E-state index in [1.165, 1.54) is 5.01 Å². The third-order valence-corrected chi connectivity index (χ3v) is 3.77. The normalized spacial score (nSPS) is 12.8. The molecule has 1 unspecified atom stereocenters. The Bertz CT molecular complexity index is 489. The summed E-state index contributed by atoms with van der Waals surface area (Å²) in [6.07, 6.45) is 4.03. The van der Waals surface area contributed by atoms with Gasteiger partial charge in [0, 0.05) is 30.7 Å². The summed E-state index contributed by atoms with van der Waals surface area (Å²) in [6, 6.07) is 2.34. The number of aryl methyl sites for hydroxylation is 2. The first-order valence-corrected chi connectivity index (χ1v) is 7.21. The van der Waals surface area contributed by atoms with Crippen molar-refractivity contribution in [1.29, 1.82) is 0 Å². The standard InChI is InChI=1S/C13H20N4S/c1-4-6-14-12(11-5-7-17(3)16-11)8-13-15-10(2)9-18-13/h5,7,9,12,14H,4,6,8H2,1-3H3. The SMILES string of the molecule is CCCNC(Cc1nc(C)cs1)c1ccn(C)n1. The van der Waals surface area contributed by atoms with Crippen LogP contribution in [0.2, 0.25) is 0 Å². The second-order valence-electron chi connectivity index (χ2n) is 4.51. The second kappa shape index (κ2) is 6.11. The molecule has 0 fully saturated rings. The molecule has 0 aliphatic carbocycles. The van der Waals surface area contributed by atoms with Crippen molar-refractivity contribution in [3.63, 3.8) is 0 Å². The Morgan fingerprint density at radius 1 is 1.50 bits per heavy atom. The van der Waals surface area contributed by atoms with Crippen LogP contribution in [0.1, 0.15) is 35.8 Å². The number of thiazole rings is 1. The van der Waals surface area contributed by atoms with E-state index in [0.29, 0.717) is 0 Å². The van der Waals surface area contributed by atoms with Gasteiger partial charge >= 0.3 is 0 Å². The van der Waals surface area contributed by atoms with Gasteiger partial charge in [-0.05, 0) is 26.0 Å². The summed E-state index contributed by atoms with van der Waals surface area (Å²) >= 11 is 1.73. The van der Waals surface area contributed by atoms with E-state index in [0.717, 1.165) is 30.8 Å². The lowest BCUT2D eigenvalue weighted by molar-refractivity contribution is 0.509. The highest BCUT2D eigenvalue weighted by Crippen LogP contribution is 2.19. The Morgan fingerprint density at radius 3 is 2.89 bits per heavy atom. The van der Waals surface area contributed by atoms with Crippen molar-refractivity contribution in [1.82, 2.24) is 20.1 Å². The molecule has 2 aromatic heterocycles. The van der Waals surface area contributed by atoms with Crippen LogP contribution in [0.25, 0.3) is 0 Å². The van der Waals surface area contributed by atoms with Gasteiger partial charge in [-0.1, -0.05) is 6.92 Å². The maximum absolute atomic E-state index is 4.53. The fourth-order valence-electron chi connectivity index (χ4n) is 1.89. The predicted molar refractivity (Wildman–Crippen MR) is 74.8 cm³/mol. The maximum Gasteiger partial charge on any atom is 0.0947 e. The van der Waals surface area contributed by atoms with E-state index in [9.17, 15) is 0 Å². The van der Waals surface area contributed by atoms with Gasteiger partial charge in [-0.25, -0.2) is 4.98 Å². The fourth-order valence-corrected chi connectivity index (χ4v) is 2.71. The molecule has 18 heavy (non-hydrogen) atoms. The molecule has 2 rings (SSSR count). The molecule has 4 nitrogen and oxygen atoms in total. The summed E-state index contributed by atoms with van der Waals surface area (Å²) in [5.41, 5.74) is 2.20. The molecule has 2 heterocycles. The first-order valence-electron chi connectivity index (χ1n) is 6.33. The molecule has 0 spiro atoms. The minimum atomic E-state index is 0.261. The van der Waals surface area contributed by atoms with E-state index in [4.69, 9.17) is 0 Å². The summed E-state index contributed by atoms with van der Waals surface area (Å²) in [4.78, 5) is 4.53. The fraction of sp³-hybridized carbons (Fsp3) is 0.538. The zero-order valence-electron chi connectivity index (χ0n) is 11.2. The minimum Gasteiger partial charge on any atom is -0.308 e. The van der Waals surface area contributed by atoms with Crippen LogP contribution >= 0.6 is 11.3 Å². The van der Waals surface area contributed by atoms with Gasteiger partial charge in [0.1, 0.15) is 0 Å². The molecule has 0 aromatic carbocycles. The van der Waals surface area contributed by atoms with E-state index in [1.807, 2.05) is 24.9 Å².